The van der Waals surface area contributed by atoms with E-state index >= 15 is 0 Å². The monoisotopic (exact) mass is 426 g/mol. The highest BCUT2D eigenvalue weighted by Crippen LogP contribution is 2.67. The number of fused-ring (bicyclic) bond motifs is 5. The number of ketones is 2. The summed E-state index contributed by atoms with van der Waals surface area (Å²) in [7, 11) is 0. The van der Waals surface area contributed by atoms with Gasteiger partial charge in [0.15, 0.2) is 0 Å². The molecular weight excluding hydrogens is 380 g/mol. The topological polar surface area (TPSA) is 34.1 Å². The highest BCUT2D eigenvalue weighted by Gasteiger charge is 2.62. The van der Waals surface area contributed by atoms with Crippen LogP contribution in [0.5, 0.6) is 0 Å². The normalized spacial score (nSPS) is 44.1. The number of carbonyl (C=O) groups is 2. The molecule has 0 aromatic heterocycles. The molecule has 4 saturated carbocycles. The van der Waals surface area contributed by atoms with Gasteiger partial charge in [-0.1, -0.05) is 46.3 Å². The molecule has 31 heavy (non-hydrogen) atoms. The summed E-state index contributed by atoms with van der Waals surface area (Å²) < 4.78 is 0. The summed E-state index contributed by atoms with van der Waals surface area (Å²) in [5.41, 5.74) is 2.10. The van der Waals surface area contributed by atoms with Crippen molar-refractivity contribution in [2.45, 2.75) is 106 Å². The van der Waals surface area contributed by atoms with E-state index in [9.17, 15) is 9.59 Å². The Labute approximate surface area is 191 Å². The molecule has 0 N–H and O–H groups in total. The van der Waals surface area contributed by atoms with Crippen molar-refractivity contribution in [2.24, 2.45) is 52.3 Å². The molecule has 8 unspecified atom stereocenters. The van der Waals surface area contributed by atoms with Gasteiger partial charge in [0, 0.05) is 25.2 Å². The molecule has 0 aromatic rings. The van der Waals surface area contributed by atoms with Gasteiger partial charge in [-0.25, -0.2) is 0 Å². The first-order valence-electron chi connectivity index (χ1n) is 13.3. The van der Waals surface area contributed by atoms with Crippen LogP contribution >= 0.6 is 0 Å². The Balaban J connectivity index is 1.51. The third-order valence-corrected chi connectivity index (χ3v) is 11.0. The van der Waals surface area contributed by atoms with Crippen LogP contribution < -0.4 is 0 Å². The lowest BCUT2D eigenvalue weighted by Gasteiger charge is -2.59. The van der Waals surface area contributed by atoms with Crippen molar-refractivity contribution in [3.63, 3.8) is 0 Å². The van der Waals surface area contributed by atoms with Crippen LogP contribution in [0.25, 0.3) is 0 Å². The second-order valence-corrected chi connectivity index (χ2v) is 12.6. The fourth-order valence-electron chi connectivity index (χ4n) is 9.17. The summed E-state index contributed by atoms with van der Waals surface area (Å²) in [5.74, 6) is 4.93. The first-order chi connectivity index (χ1) is 14.6. The first-order valence-corrected chi connectivity index (χ1v) is 13.3. The zero-order chi connectivity index (χ0) is 22.6. The molecule has 0 heterocycles. The number of allylic oxidation sites excluding steroid dienone is 2. The summed E-state index contributed by atoms with van der Waals surface area (Å²) in [5, 5.41) is 0. The molecule has 0 bridgehead atoms. The quantitative estimate of drug-likeness (QED) is 0.429. The molecule has 4 rings (SSSR count). The van der Waals surface area contributed by atoms with Crippen LogP contribution in [0.2, 0.25) is 0 Å². The Bertz CT molecular complexity index is 748. The number of carbonyl (C=O) groups excluding carboxylic acids is 2. The van der Waals surface area contributed by atoms with Crippen molar-refractivity contribution >= 4 is 11.6 Å². The van der Waals surface area contributed by atoms with E-state index in [0.29, 0.717) is 53.5 Å². The van der Waals surface area contributed by atoms with Crippen LogP contribution in [0.15, 0.2) is 11.6 Å². The molecule has 8 atom stereocenters. The number of hydrogen-bond acceptors (Lipinski definition) is 2. The summed E-state index contributed by atoms with van der Waals surface area (Å²) >= 11 is 0. The van der Waals surface area contributed by atoms with Gasteiger partial charge >= 0.3 is 0 Å². The van der Waals surface area contributed by atoms with Crippen LogP contribution in [-0.4, -0.2) is 11.6 Å². The lowest BCUT2D eigenvalue weighted by atomic mass is 9.44. The standard InChI is InChI=1S/C29H46O2/c1-7-20(18(2)3)9-8-19(4)23-10-11-24-22-17-27(31)26-16-21(30)12-14-29(26,6)25(22)13-15-28(23,24)5/h7,18-19,22-26H,8-17H2,1-6H3. The smallest absolute Gasteiger partial charge is 0.137 e. The van der Waals surface area contributed by atoms with Gasteiger partial charge in [-0.15, -0.1) is 0 Å². The SMILES string of the molecule is CC=C(CCC(C)C1CCC2C3CC(=O)C4CC(=O)CCC4(C)C3CCC12C)C(C)C. The highest BCUT2D eigenvalue weighted by atomic mass is 16.1. The summed E-state index contributed by atoms with van der Waals surface area (Å²) in [6.45, 7) is 14.3. The molecular formula is C29H46O2. The van der Waals surface area contributed by atoms with Gasteiger partial charge in [0.2, 0.25) is 0 Å². The molecule has 4 aliphatic carbocycles. The number of rotatable bonds is 5. The maximum absolute atomic E-state index is 13.3. The zero-order valence-corrected chi connectivity index (χ0v) is 21.0. The molecule has 2 nitrogen and oxygen atoms in total. The fourth-order valence-corrected chi connectivity index (χ4v) is 9.17. The van der Waals surface area contributed by atoms with Crippen LogP contribution in [0.3, 0.4) is 0 Å². The fraction of sp³-hybridized carbons (Fsp3) is 0.862. The van der Waals surface area contributed by atoms with E-state index in [1.54, 1.807) is 5.57 Å². The molecule has 4 aliphatic rings. The van der Waals surface area contributed by atoms with Crippen LogP contribution in [0, 0.1) is 52.3 Å². The number of hydrogen-bond donors (Lipinski definition) is 0. The van der Waals surface area contributed by atoms with Crippen molar-refractivity contribution in [1.82, 2.24) is 0 Å². The van der Waals surface area contributed by atoms with Crippen molar-refractivity contribution in [1.29, 1.82) is 0 Å². The minimum atomic E-state index is 0.0192. The summed E-state index contributed by atoms with van der Waals surface area (Å²) in [6, 6.07) is 0. The van der Waals surface area contributed by atoms with Gasteiger partial charge in [0.1, 0.15) is 11.6 Å². The predicted octanol–water partition coefficient (Wildman–Crippen LogP) is 7.41. The van der Waals surface area contributed by atoms with Crippen molar-refractivity contribution in [3.05, 3.63) is 11.6 Å². The second kappa shape index (κ2) is 8.45. The maximum Gasteiger partial charge on any atom is 0.137 e. The van der Waals surface area contributed by atoms with Gasteiger partial charge in [0.25, 0.3) is 0 Å². The predicted molar refractivity (Wildman–Crippen MR) is 128 cm³/mol. The largest absolute Gasteiger partial charge is 0.300 e. The Hall–Kier alpha value is -0.920. The lowest BCUT2D eigenvalue weighted by Crippen LogP contribution is -2.56. The molecule has 0 aliphatic heterocycles. The highest BCUT2D eigenvalue weighted by molar-refractivity contribution is 5.90. The molecule has 4 fully saturated rings. The number of Topliss-reactive ketones (excluding diaryl/α,β-unsaturated/α-hetero) is 2. The molecule has 0 spiro atoms. The molecule has 0 radical (unpaired) electrons. The van der Waals surface area contributed by atoms with Crippen molar-refractivity contribution < 1.29 is 9.59 Å². The van der Waals surface area contributed by atoms with Gasteiger partial charge in [-0.05, 0) is 98.2 Å². The summed E-state index contributed by atoms with van der Waals surface area (Å²) in [4.78, 5) is 25.4. The molecule has 0 amide bonds. The Morgan fingerprint density at radius 3 is 2.39 bits per heavy atom. The Morgan fingerprint density at radius 1 is 1.00 bits per heavy atom. The van der Waals surface area contributed by atoms with E-state index in [1.165, 1.54) is 38.5 Å². The van der Waals surface area contributed by atoms with Gasteiger partial charge < -0.3 is 0 Å². The van der Waals surface area contributed by atoms with Crippen LogP contribution in [-0.2, 0) is 9.59 Å². The minimum absolute atomic E-state index is 0.0192. The first kappa shape index (κ1) is 23.2. The van der Waals surface area contributed by atoms with E-state index in [2.05, 4.69) is 47.6 Å². The Morgan fingerprint density at radius 2 is 1.71 bits per heavy atom. The van der Waals surface area contributed by atoms with E-state index in [-0.39, 0.29) is 11.3 Å². The Kier molecular flexibility index (Phi) is 6.34. The van der Waals surface area contributed by atoms with Crippen molar-refractivity contribution in [3.8, 4) is 0 Å². The molecule has 2 heteroatoms. The summed E-state index contributed by atoms with van der Waals surface area (Å²) in [6.07, 6.45) is 13.1. The zero-order valence-electron chi connectivity index (χ0n) is 21.0. The average molecular weight is 427 g/mol. The maximum atomic E-state index is 13.3. The lowest BCUT2D eigenvalue weighted by molar-refractivity contribution is -0.159. The molecule has 174 valence electrons. The van der Waals surface area contributed by atoms with E-state index < -0.39 is 0 Å². The van der Waals surface area contributed by atoms with Crippen LogP contribution in [0.1, 0.15) is 106 Å². The molecule has 0 saturated heterocycles. The van der Waals surface area contributed by atoms with Crippen molar-refractivity contribution in [2.75, 3.05) is 0 Å². The van der Waals surface area contributed by atoms with E-state index in [4.69, 9.17) is 0 Å². The van der Waals surface area contributed by atoms with Gasteiger partial charge in [0.05, 0.1) is 0 Å². The average Bonchev–Trinajstić information content (AvgIpc) is 3.07. The van der Waals surface area contributed by atoms with E-state index in [1.807, 2.05) is 0 Å². The molecule has 0 aromatic carbocycles. The third kappa shape index (κ3) is 3.78. The van der Waals surface area contributed by atoms with E-state index in [0.717, 1.165) is 24.7 Å². The van der Waals surface area contributed by atoms with Crippen LogP contribution in [0.4, 0.5) is 0 Å². The van der Waals surface area contributed by atoms with Gasteiger partial charge in [-0.3, -0.25) is 9.59 Å². The second-order valence-electron chi connectivity index (χ2n) is 12.6. The third-order valence-electron chi connectivity index (χ3n) is 11.0. The minimum Gasteiger partial charge on any atom is -0.300 e. The van der Waals surface area contributed by atoms with Gasteiger partial charge in [-0.2, -0.15) is 0 Å².